The molecule has 1 amide bonds. The van der Waals surface area contributed by atoms with Gasteiger partial charge in [-0.3, -0.25) is 9.59 Å². The molecule has 1 fully saturated rings. The van der Waals surface area contributed by atoms with Gasteiger partial charge in [0.15, 0.2) is 0 Å². The Hall–Kier alpha value is -2.02. The Morgan fingerprint density at radius 3 is 2.76 bits per heavy atom. The standard InChI is InChI=1S/C14H15N3O3S/c1-8(14(19)20)7-17(10-3-4-10)13(18)9-2-5-11-12(6-9)16-21-15-11/h2,5-6,8,10H,3-4,7H2,1H3,(H,19,20). The third-order valence-electron chi connectivity index (χ3n) is 3.64. The van der Waals surface area contributed by atoms with E-state index >= 15 is 0 Å². The first-order valence-electron chi connectivity index (χ1n) is 6.82. The van der Waals surface area contributed by atoms with Gasteiger partial charge in [0.05, 0.1) is 17.3 Å². The molecule has 1 heterocycles. The van der Waals surface area contributed by atoms with Crippen molar-refractivity contribution < 1.29 is 14.7 Å². The lowest BCUT2D eigenvalue weighted by atomic mass is 10.1. The summed E-state index contributed by atoms with van der Waals surface area (Å²) in [5.74, 6) is -1.58. The maximum absolute atomic E-state index is 12.6. The Morgan fingerprint density at radius 2 is 2.10 bits per heavy atom. The minimum absolute atomic E-state index is 0.125. The summed E-state index contributed by atoms with van der Waals surface area (Å²) in [6, 6.07) is 5.40. The van der Waals surface area contributed by atoms with Gasteiger partial charge in [0.2, 0.25) is 0 Å². The van der Waals surface area contributed by atoms with Crippen molar-refractivity contribution in [1.29, 1.82) is 0 Å². The summed E-state index contributed by atoms with van der Waals surface area (Å²) in [6.07, 6.45) is 1.89. The first-order valence-corrected chi connectivity index (χ1v) is 7.55. The summed E-state index contributed by atoms with van der Waals surface area (Å²) in [5, 5.41) is 9.04. The average Bonchev–Trinajstić information content (AvgIpc) is 3.20. The Morgan fingerprint density at radius 1 is 1.38 bits per heavy atom. The van der Waals surface area contributed by atoms with Crippen LogP contribution in [0.15, 0.2) is 26.9 Å². The van der Waals surface area contributed by atoms with Crippen molar-refractivity contribution in [3.8, 4) is 0 Å². The molecule has 1 saturated carbocycles. The van der Waals surface area contributed by atoms with Gasteiger partial charge in [-0.15, -0.1) is 0 Å². The number of carboxylic acids is 1. The van der Waals surface area contributed by atoms with Crippen molar-refractivity contribution in [2.24, 2.45) is 14.6 Å². The van der Waals surface area contributed by atoms with E-state index in [2.05, 4.69) is 8.73 Å². The van der Waals surface area contributed by atoms with E-state index in [4.69, 9.17) is 5.11 Å². The van der Waals surface area contributed by atoms with Gasteiger partial charge in [-0.25, -0.2) is 0 Å². The molecule has 6 nitrogen and oxygen atoms in total. The molecular formula is C14H15N3O3S. The van der Waals surface area contributed by atoms with E-state index in [0.29, 0.717) is 11.3 Å². The average molecular weight is 305 g/mol. The number of hydrogen-bond acceptors (Lipinski definition) is 4. The van der Waals surface area contributed by atoms with Gasteiger partial charge < -0.3 is 10.0 Å². The fourth-order valence-corrected chi connectivity index (χ4v) is 2.76. The van der Waals surface area contributed by atoms with Gasteiger partial charge in [-0.2, -0.15) is 8.73 Å². The molecule has 3 rings (SSSR count). The number of fused-ring (bicyclic) bond motifs is 1. The van der Waals surface area contributed by atoms with Crippen LogP contribution in [-0.2, 0) is 16.1 Å². The highest BCUT2D eigenvalue weighted by atomic mass is 32.1. The molecule has 0 saturated heterocycles. The Bertz CT molecular complexity index is 678. The number of hydrogen-bond donors (Lipinski definition) is 1. The van der Waals surface area contributed by atoms with Gasteiger partial charge >= 0.3 is 5.97 Å². The molecule has 2 aliphatic rings. The molecule has 1 aliphatic carbocycles. The molecule has 1 N–H and O–H groups in total. The topological polar surface area (TPSA) is 82.3 Å². The van der Waals surface area contributed by atoms with E-state index in [1.165, 1.54) is 0 Å². The van der Waals surface area contributed by atoms with Crippen LogP contribution in [0.4, 0.5) is 11.4 Å². The molecule has 0 radical (unpaired) electrons. The number of amides is 1. The molecule has 1 aliphatic heterocycles. The van der Waals surface area contributed by atoms with Crippen molar-refractivity contribution in [3.63, 3.8) is 0 Å². The molecule has 1 atom stereocenters. The molecule has 1 unspecified atom stereocenters. The lowest BCUT2D eigenvalue weighted by molar-refractivity contribution is -0.141. The predicted octanol–water partition coefficient (Wildman–Crippen LogP) is 2.74. The van der Waals surface area contributed by atoms with Crippen LogP contribution >= 0.6 is 0 Å². The number of carbonyl (C=O) groups excluding carboxylic acids is 1. The van der Waals surface area contributed by atoms with E-state index in [1.54, 1.807) is 30.0 Å². The number of benzene rings is 1. The second-order valence-electron chi connectivity index (χ2n) is 5.40. The molecule has 0 bridgehead atoms. The highest BCUT2D eigenvalue weighted by Crippen LogP contribution is 2.34. The summed E-state index contributed by atoms with van der Waals surface area (Å²) in [7, 11) is 0. The van der Waals surface area contributed by atoms with Gasteiger partial charge in [0.25, 0.3) is 5.91 Å². The summed E-state index contributed by atoms with van der Waals surface area (Å²) in [5.41, 5.74) is 2.01. The zero-order valence-electron chi connectivity index (χ0n) is 11.5. The number of carboxylic acid groups (broad SMARTS) is 1. The largest absolute Gasteiger partial charge is 0.481 e. The Kier molecular flexibility index (Phi) is 3.59. The molecule has 7 heteroatoms. The van der Waals surface area contributed by atoms with Crippen LogP contribution < -0.4 is 0 Å². The van der Waals surface area contributed by atoms with Crippen molar-refractivity contribution in [3.05, 3.63) is 23.8 Å². The third-order valence-corrected chi connectivity index (χ3v) is 4.20. The molecule has 0 aromatic heterocycles. The van der Waals surface area contributed by atoms with Crippen LogP contribution in [-0.4, -0.2) is 34.5 Å². The molecule has 110 valence electrons. The number of nitrogens with zero attached hydrogens (tertiary/aromatic N) is 3. The van der Waals surface area contributed by atoms with E-state index in [-0.39, 0.29) is 18.5 Å². The monoisotopic (exact) mass is 305 g/mol. The van der Waals surface area contributed by atoms with E-state index < -0.39 is 11.9 Å². The fraction of sp³-hybridized carbons (Fsp3) is 0.429. The summed E-state index contributed by atoms with van der Waals surface area (Å²) < 4.78 is 8.25. The quantitative estimate of drug-likeness (QED) is 0.922. The van der Waals surface area contributed by atoms with Crippen LogP contribution in [0.25, 0.3) is 0 Å². The second-order valence-corrected chi connectivity index (χ2v) is 5.92. The molecule has 21 heavy (non-hydrogen) atoms. The molecular weight excluding hydrogens is 290 g/mol. The minimum atomic E-state index is -0.882. The SMILES string of the molecule is CC(CN(C(=O)c1ccc2c(c1)N=S=N2)C1CC1)C(=O)O. The number of aliphatic carboxylic acids is 1. The third kappa shape index (κ3) is 2.87. The molecule has 1 aromatic rings. The van der Waals surface area contributed by atoms with E-state index in [9.17, 15) is 9.59 Å². The van der Waals surface area contributed by atoms with Crippen LogP contribution in [0.5, 0.6) is 0 Å². The number of rotatable bonds is 5. The van der Waals surface area contributed by atoms with Crippen molar-refractivity contribution in [1.82, 2.24) is 4.90 Å². The van der Waals surface area contributed by atoms with Gasteiger partial charge in [0.1, 0.15) is 11.4 Å². The Balaban J connectivity index is 1.81. The van der Waals surface area contributed by atoms with Crippen LogP contribution in [0.3, 0.4) is 0 Å². The second kappa shape index (κ2) is 5.40. The summed E-state index contributed by atoms with van der Waals surface area (Å²) in [6.45, 7) is 1.87. The normalized spacial score (nSPS) is 17.0. The van der Waals surface area contributed by atoms with Gasteiger partial charge in [-0.05, 0) is 31.0 Å². The van der Waals surface area contributed by atoms with Crippen LogP contribution in [0.1, 0.15) is 30.1 Å². The number of carbonyl (C=O) groups is 2. The first-order chi connectivity index (χ1) is 10.1. The maximum atomic E-state index is 12.6. The summed E-state index contributed by atoms with van der Waals surface area (Å²) in [4.78, 5) is 25.3. The van der Waals surface area contributed by atoms with Gasteiger partial charge in [0, 0.05) is 18.2 Å². The maximum Gasteiger partial charge on any atom is 0.308 e. The van der Waals surface area contributed by atoms with Crippen LogP contribution in [0.2, 0.25) is 0 Å². The minimum Gasteiger partial charge on any atom is -0.481 e. The highest BCUT2D eigenvalue weighted by Gasteiger charge is 2.35. The molecule has 1 aromatic carbocycles. The highest BCUT2D eigenvalue weighted by molar-refractivity contribution is 7.58. The van der Waals surface area contributed by atoms with E-state index in [0.717, 1.165) is 29.9 Å². The summed E-state index contributed by atoms with van der Waals surface area (Å²) >= 11 is 1.11. The smallest absolute Gasteiger partial charge is 0.308 e. The molecule has 0 spiro atoms. The van der Waals surface area contributed by atoms with E-state index in [1.807, 2.05) is 0 Å². The van der Waals surface area contributed by atoms with Crippen molar-refractivity contribution in [2.45, 2.75) is 25.8 Å². The lowest BCUT2D eigenvalue weighted by Gasteiger charge is -2.24. The fourth-order valence-electron chi connectivity index (χ4n) is 2.24. The first kappa shape index (κ1) is 13.9. The van der Waals surface area contributed by atoms with Crippen molar-refractivity contribution in [2.75, 3.05) is 6.54 Å². The zero-order chi connectivity index (χ0) is 15.0. The lowest BCUT2D eigenvalue weighted by Crippen LogP contribution is -2.38. The Labute approximate surface area is 125 Å². The van der Waals surface area contributed by atoms with Crippen molar-refractivity contribution >= 4 is 34.6 Å². The van der Waals surface area contributed by atoms with Crippen LogP contribution in [0, 0.1) is 5.92 Å². The van der Waals surface area contributed by atoms with Gasteiger partial charge in [-0.1, -0.05) is 6.92 Å². The predicted molar refractivity (Wildman–Crippen MR) is 78.8 cm³/mol. The zero-order valence-corrected chi connectivity index (χ0v) is 12.3.